The maximum Gasteiger partial charge on any atom is 0.322 e. The van der Waals surface area contributed by atoms with E-state index in [9.17, 15) is 4.79 Å². The Bertz CT molecular complexity index is 314. The molecule has 15 heavy (non-hydrogen) atoms. The van der Waals surface area contributed by atoms with Gasteiger partial charge in [-0.25, -0.2) is 0 Å². The highest BCUT2D eigenvalue weighted by molar-refractivity contribution is 5.75. The van der Waals surface area contributed by atoms with Crippen LogP contribution in [-0.2, 0) is 9.53 Å². The molecule has 0 aliphatic carbocycles. The number of esters is 1. The fourth-order valence-electron chi connectivity index (χ4n) is 1.35. The molecule has 0 amide bonds. The van der Waals surface area contributed by atoms with E-state index < -0.39 is 0 Å². The van der Waals surface area contributed by atoms with Crippen molar-refractivity contribution >= 4 is 5.97 Å². The summed E-state index contributed by atoms with van der Waals surface area (Å²) in [6.07, 6.45) is 3.50. The van der Waals surface area contributed by atoms with E-state index in [-0.39, 0.29) is 18.1 Å². The van der Waals surface area contributed by atoms with Gasteiger partial charge < -0.3 is 4.74 Å². The lowest BCUT2D eigenvalue weighted by atomic mass is 10.1. The van der Waals surface area contributed by atoms with E-state index in [0.29, 0.717) is 0 Å². The molecule has 0 aliphatic heterocycles. The number of rotatable bonds is 4. The van der Waals surface area contributed by atoms with Gasteiger partial charge in [0.25, 0.3) is 0 Å². The van der Waals surface area contributed by atoms with Gasteiger partial charge in [-0.3, -0.25) is 15.1 Å². The highest BCUT2D eigenvalue weighted by Gasteiger charge is 2.16. The number of hydrogen-bond donors (Lipinski definition) is 1. The monoisotopic (exact) mass is 208 g/mol. The third kappa shape index (κ3) is 3.32. The molecule has 0 bridgehead atoms. The molecule has 0 saturated heterocycles. The van der Waals surface area contributed by atoms with Crippen LogP contribution in [0.15, 0.2) is 24.5 Å². The van der Waals surface area contributed by atoms with Gasteiger partial charge in [0.2, 0.25) is 0 Å². The van der Waals surface area contributed by atoms with E-state index in [4.69, 9.17) is 0 Å². The van der Waals surface area contributed by atoms with Crippen LogP contribution in [0.1, 0.15) is 25.5 Å². The van der Waals surface area contributed by atoms with Crippen molar-refractivity contribution < 1.29 is 9.53 Å². The van der Waals surface area contributed by atoms with Crippen molar-refractivity contribution in [3.63, 3.8) is 0 Å². The molecule has 0 saturated carbocycles. The molecular weight excluding hydrogens is 192 g/mol. The number of carbonyl (C=O) groups excluding carboxylic acids is 1. The molecule has 82 valence electrons. The molecule has 1 aromatic rings. The van der Waals surface area contributed by atoms with Crippen LogP contribution < -0.4 is 5.32 Å². The summed E-state index contributed by atoms with van der Waals surface area (Å²) >= 11 is 0. The molecule has 0 aromatic carbocycles. The summed E-state index contributed by atoms with van der Waals surface area (Å²) in [5, 5.41) is 3.13. The van der Waals surface area contributed by atoms with Crippen LogP contribution in [0.5, 0.6) is 0 Å². The molecule has 0 spiro atoms. The Labute approximate surface area is 89.7 Å². The smallest absolute Gasteiger partial charge is 0.322 e. The Kier molecular flexibility index (Phi) is 4.24. The maximum atomic E-state index is 11.2. The number of methoxy groups -OCH3 is 1. The second-order valence-electron chi connectivity index (χ2n) is 3.42. The quantitative estimate of drug-likeness (QED) is 0.758. The Balaban J connectivity index is 2.56. The average molecular weight is 208 g/mol. The predicted octanol–water partition coefficient (Wildman–Crippen LogP) is 1.29. The zero-order valence-corrected chi connectivity index (χ0v) is 9.23. The minimum absolute atomic E-state index is 0.0767. The van der Waals surface area contributed by atoms with E-state index in [0.717, 1.165) is 5.56 Å². The number of ether oxygens (including phenoxy) is 1. The fourth-order valence-corrected chi connectivity index (χ4v) is 1.35. The summed E-state index contributed by atoms with van der Waals surface area (Å²) in [4.78, 5) is 15.2. The number of carbonyl (C=O) groups is 1. The largest absolute Gasteiger partial charge is 0.468 e. The number of nitrogens with zero attached hydrogens (tertiary/aromatic N) is 1. The number of pyridine rings is 1. The molecule has 0 aliphatic rings. The van der Waals surface area contributed by atoms with Crippen molar-refractivity contribution in [2.24, 2.45) is 0 Å². The van der Waals surface area contributed by atoms with Crippen LogP contribution in [0.3, 0.4) is 0 Å². The van der Waals surface area contributed by atoms with Crippen molar-refractivity contribution in [3.05, 3.63) is 30.1 Å². The zero-order valence-electron chi connectivity index (χ0n) is 9.23. The molecule has 4 nitrogen and oxygen atoms in total. The van der Waals surface area contributed by atoms with Crippen molar-refractivity contribution in [1.29, 1.82) is 0 Å². The van der Waals surface area contributed by atoms with Crippen molar-refractivity contribution in [3.8, 4) is 0 Å². The molecule has 0 fully saturated rings. The van der Waals surface area contributed by atoms with Crippen LogP contribution in [0, 0.1) is 0 Å². The molecule has 1 aromatic heterocycles. The summed E-state index contributed by atoms with van der Waals surface area (Å²) in [5.74, 6) is -0.259. The van der Waals surface area contributed by atoms with Crippen LogP contribution in [0.2, 0.25) is 0 Å². The predicted molar refractivity (Wildman–Crippen MR) is 57.3 cm³/mol. The summed E-state index contributed by atoms with van der Waals surface area (Å²) in [5.41, 5.74) is 1.05. The lowest BCUT2D eigenvalue weighted by Crippen LogP contribution is -2.36. The fraction of sp³-hybridized carbons (Fsp3) is 0.455. The minimum atomic E-state index is -0.315. The van der Waals surface area contributed by atoms with E-state index in [1.54, 1.807) is 19.3 Å². The van der Waals surface area contributed by atoms with Gasteiger partial charge >= 0.3 is 5.97 Å². The van der Waals surface area contributed by atoms with Crippen molar-refractivity contribution in [2.45, 2.75) is 25.9 Å². The Morgan fingerprint density at radius 2 is 2.27 bits per heavy atom. The molecule has 0 radical (unpaired) electrons. The SMILES string of the molecule is COC(=O)C(C)N[C@H](C)c1cccnc1. The normalized spacial score (nSPS) is 14.3. The van der Waals surface area contributed by atoms with Crippen LogP contribution in [-0.4, -0.2) is 24.1 Å². The third-order valence-electron chi connectivity index (χ3n) is 2.24. The Morgan fingerprint density at radius 1 is 1.53 bits per heavy atom. The Morgan fingerprint density at radius 3 is 2.80 bits per heavy atom. The van der Waals surface area contributed by atoms with Gasteiger partial charge in [-0.2, -0.15) is 0 Å². The van der Waals surface area contributed by atoms with Crippen LogP contribution in [0.25, 0.3) is 0 Å². The topological polar surface area (TPSA) is 51.2 Å². The maximum absolute atomic E-state index is 11.2. The highest BCUT2D eigenvalue weighted by atomic mass is 16.5. The standard InChI is InChI=1S/C11H16N2O2/c1-8(10-5-4-6-12-7-10)13-9(2)11(14)15-3/h4-9,13H,1-3H3/t8-,9?/m1/s1. The van der Waals surface area contributed by atoms with E-state index in [1.807, 2.05) is 19.1 Å². The van der Waals surface area contributed by atoms with E-state index >= 15 is 0 Å². The number of hydrogen-bond acceptors (Lipinski definition) is 4. The second kappa shape index (κ2) is 5.46. The number of nitrogens with one attached hydrogen (secondary N) is 1. The first kappa shape index (κ1) is 11.7. The van der Waals surface area contributed by atoms with Gasteiger partial charge in [0.15, 0.2) is 0 Å². The molecule has 1 unspecified atom stereocenters. The van der Waals surface area contributed by atoms with Gasteiger partial charge in [0, 0.05) is 18.4 Å². The molecular formula is C11H16N2O2. The molecule has 2 atom stereocenters. The first-order valence-corrected chi connectivity index (χ1v) is 4.89. The van der Waals surface area contributed by atoms with Gasteiger partial charge in [-0.15, -0.1) is 0 Å². The Hall–Kier alpha value is -1.42. The summed E-state index contributed by atoms with van der Waals surface area (Å²) in [6.45, 7) is 3.76. The zero-order chi connectivity index (χ0) is 11.3. The van der Waals surface area contributed by atoms with E-state index in [2.05, 4.69) is 15.0 Å². The average Bonchev–Trinajstić information content (AvgIpc) is 2.29. The molecule has 1 heterocycles. The number of aromatic nitrogens is 1. The van der Waals surface area contributed by atoms with Crippen molar-refractivity contribution in [2.75, 3.05) is 7.11 Å². The van der Waals surface area contributed by atoms with Crippen LogP contribution in [0.4, 0.5) is 0 Å². The summed E-state index contributed by atoms with van der Waals surface area (Å²) in [6, 6.07) is 3.60. The lowest BCUT2D eigenvalue weighted by Gasteiger charge is -2.18. The molecule has 4 heteroatoms. The minimum Gasteiger partial charge on any atom is -0.468 e. The van der Waals surface area contributed by atoms with Gasteiger partial charge in [0.1, 0.15) is 6.04 Å². The van der Waals surface area contributed by atoms with E-state index in [1.165, 1.54) is 7.11 Å². The first-order chi connectivity index (χ1) is 7.15. The highest BCUT2D eigenvalue weighted by Crippen LogP contribution is 2.10. The van der Waals surface area contributed by atoms with Crippen LogP contribution >= 0.6 is 0 Å². The third-order valence-corrected chi connectivity index (χ3v) is 2.24. The first-order valence-electron chi connectivity index (χ1n) is 4.89. The van der Waals surface area contributed by atoms with Gasteiger partial charge in [-0.1, -0.05) is 6.07 Å². The summed E-state index contributed by atoms with van der Waals surface area (Å²) in [7, 11) is 1.38. The van der Waals surface area contributed by atoms with Gasteiger partial charge in [0.05, 0.1) is 7.11 Å². The van der Waals surface area contributed by atoms with Crippen molar-refractivity contribution in [1.82, 2.24) is 10.3 Å². The summed E-state index contributed by atoms with van der Waals surface area (Å²) < 4.78 is 4.63. The van der Waals surface area contributed by atoms with Gasteiger partial charge in [-0.05, 0) is 25.5 Å². The molecule has 1 N–H and O–H groups in total. The lowest BCUT2D eigenvalue weighted by molar-refractivity contribution is -0.142. The second-order valence-corrected chi connectivity index (χ2v) is 3.42. The molecule has 1 rings (SSSR count).